The van der Waals surface area contributed by atoms with E-state index in [1.54, 1.807) is 44.4 Å². The molecule has 0 radical (unpaired) electrons. The first-order valence-corrected chi connectivity index (χ1v) is 10.1. The zero-order valence-corrected chi connectivity index (χ0v) is 18.8. The number of nitrogens with zero attached hydrogens (tertiary/aromatic N) is 1. The third-order valence-corrected chi connectivity index (χ3v) is 5.44. The molecule has 0 bridgehead atoms. The second kappa shape index (κ2) is 9.51. The molecular weight excluding hydrogens is 408 g/mol. The maximum absolute atomic E-state index is 12.9. The Hall–Kier alpha value is -3.87. The highest BCUT2D eigenvalue weighted by Crippen LogP contribution is 2.28. The highest BCUT2D eigenvalue weighted by Gasteiger charge is 2.17. The SMILES string of the molecule is COc1ccc(C(=O)Nc2cccc([N+](=O)[O-])c2C)cc1COc1cc(C)cc(C)c1C. The summed E-state index contributed by atoms with van der Waals surface area (Å²) in [6.07, 6.45) is 0. The fourth-order valence-electron chi connectivity index (χ4n) is 3.49. The van der Waals surface area contributed by atoms with E-state index in [1.807, 2.05) is 26.8 Å². The van der Waals surface area contributed by atoms with Crippen LogP contribution in [0.2, 0.25) is 0 Å². The van der Waals surface area contributed by atoms with E-state index >= 15 is 0 Å². The Morgan fingerprint density at radius 3 is 2.44 bits per heavy atom. The molecule has 3 aromatic carbocycles. The topological polar surface area (TPSA) is 90.7 Å². The molecule has 0 spiro atoms. The van der Waals surface area contributed by atoms with Crippen LogP contribution in [0, 0.1) is 37.8 Å². The zero-order chi connectivity index (χ0) is 23.4. The van der Waals surface area contributed by atoms with Gasteiger partial charge in [0.05, 0.1) is 23.3 Å². The fourth-order valence-corrected chi connectivity index (χ4v) is 3.49. The van der Waals surface area contributed by atoms with Crippen molar-refractivity contribution in [3.63, 3.8) is 0 Å². The van der Waals surface area contributed by atoms with Crippen LogP contribution in [0.25, 0.3) is 0 Å². The smallest absolute Gasteiger partial charge is 0.274 e. The monoisotopic (exact) mass is 434 g/mol. The summed E-state index contributed by atoms with van der Waals surface area (Å²) in [6, 6.07) is 13.7. The number of amides is 1. The first-order valence-electron chi connectivity index (χ1n) is 10.1. The van der Waals surface area contributed by atoms with E-state index in [9.17, 15) is 14.9 Å². The molecule has 3 rings (SSSR count). The van der Waals surface area contributed by atoms with Gasteiger partial charge in [0.2, 0.25) is 0 Å². The molecule has 0 unspecified atom stereocenters. The fraction of sp³-hybridized carbons (Fsp3) is 0.240. The number of aryl methyl sites for hydroxylation is 2. The lowest BCUT2D eigenvalue weighted by atomic mass is 10.1. The Kier molecular flexibility index (Phi) is 6.78. The van der Waals surface area contributed by atoms with E-state index in [-0.39, 0.29) is 18.2 Å². The minimum Gasteiger partial charge on any atom is -0.496 e. The Labute approximate surface area is 187 Å². The number of hydrogen-bond donors (Lipinski definition) is 1. The van der Waals surface area contributed by atoms with Gasteiger partial charge < -0.3 is 14.8 Å². The highest BCUT2D eigenvalue weighted by molar-refractivity contribution is 6.05. The van der Waals surface area contributed by atoms with Gasteiger partial charge in [0.15, 0.2) is 0 Å². The maximum Gasteiger partial charge on any atom is 0.274 e. The zero-order valence-electron chi connectivity index (χ0n) is 18.8. The van der Waals surface area contributed by atoms with Crippen molar-refractivity contribution in [3.8, 4) is 11.5 Å². The predicted octanol–water partition coefficient (Wildman–Crippen LogP) is 5.67. The van der Waals surface area contributed by atoms with E-state index in [0.717, 1.165) is 28.0 Å². The summed E-state index contributed by atoms with van der Waals surface area (Å²) in [4.78, 5) is 23.5. The molecule has 7 nitrogen and oxygen atoms in total. The van der Waals surface area contributed by atoms with E-state index in [0.29, 0.717) is 22.6 Å². The molecule has 1 N–H and O–H groups in total. The van der Waals surface area contributed by atoms with Crippen LogP contribution >= 0.6 is 0 Å². The molecular formula is C25H26N2O5. The lowest BCUT2D eigenvalue weighted by Crippen LogP contribution is -2.14. The number of ether oxygens (including phenoxy) is 2. The number of rotatable bonds is 7. The van der Waals surface area contributed by atoms with Gasteiger partial charge in [-0.1, -0.05) is 12.1 Å². The quantitative estimate of drug-likeness (QED) is 0.382. The predicted molar refractivity (Wildman–Crippen MR) is 124 cm³/mol. The molecule has 166 valence electrons. The summed E-state index contributed by atoms with van der Waals surface area (Å²) < 4.78 is 11.5. The summed E-state index contributed by atoms with van der Waals surface area (Å²) >= 11 is 0. The average molecular weight is 434 g/mol. The van der Waals surface area contributed by atoms with E-state index in [2.05, 4.69) is 11.4 Å². The van der Waals surface area contributed by atoms with E-state index in [4.69, 9.17) is 9.47 Å². The molecule has 0 aliphatic rings. The first-order chi connectivity index (χ1) is 15.2. The number of nitro groups is 1. The number of benzene rings is 3. The van der Waals surface area contributed by atoms with Crippen LogP contribution < -0.4 is 14.8 Å². The molecule has 3 aromatic rings. The minimum atomic E-state index is -0.469. The lowest BCUT2D eigenvalue weighted by molar-refractivity contribution is -0.385. The summed E-state index contributed by atoms with van der Waals surface area (Å²) in [5, 5.41) is 13.9. The van der Waals surface area contributed by atoms with Gasteiger partial charge in [0.1, 0.15) is 18.1 Å². The molecule has 0 saturated carbocycles. The molecule has 0 aliphatic carbocycles. The molecule has 32 heavy (non-hydrogen) atoms. The molecule has 7 heteroatoms. The van der Waals surface area contributed by atoms with Gasteiger partial charge in [-0.05, 0) is 74.7 Å². The molecule has 0 fully saturated rings. The van der Waals surface area contributed by atoms with Gasteiger partial charge in [0.25, 0.3) is 11.6 Å². The van der Waals surface area contributed by atoms with Crippen molar-refractivity contribution in [1.29, 1.82) is 0 Å². The Bertz CT molecular complexity index is 1190. The van der Waals surface area contributed by atoms with Crippen LogP contribution in [0.15, 0.2) is 48.5 Å². The van der Waals surface area contributed by atoms with Gasteiger partial charge in [0, 0.05) is 17.2 Å². The third-order valence-electron chi connectivity index (χ3n) is 5.44. The number of nitrogens with one attached hydrogen (secondary N) is 1. The van der Waals surface area contributed by atoms with Crippen molar-refractivity contribution in [2.24, 2.45) is 0 Å². The summed E-state index contributed by atoms with van der Waals surface area (Å²) in [5.41, 5.74) is 5.17. The summed E-state index contributed by atoms with van der Waals surface area (Å²) in [7, 11) is 1.56. The van der Waals surface area contributed by atoms with Crippen LogP contribution in [0.3, 0.4) is 0 Å². The molecule has 1 amide bonds. The highest BCUT2D eigenvalue weighted by atomic mass is 16.6. The third kappa shape index (κ3) is 4.88. The average Bonchev–Trinajstić information content (AvgIpc) is 2.76. The van der Waals surface area contributed by atoms with Gasteiger partial charge >= 0.3 is 0 Å². The Morgan fingerprint density at radius 1 is 1.00 bits per heavy atom. The normalized spacial score (nSPS) is 10.5. The Balaban J connectivity index is 1.84. The van der Waals surface area contributed by atoms with Crippen LogP contribution in [0.1, 0.15) is 38.2 Å². The summed E-state index contributed by atoms with van der Waals surface area (Å²) in [6.45, 7) is 7.89. The van der Waals surface area contributed by atoms with Crippen LogP contribution in [-0.4, -0.2) is 17.9 Å². The number of carbonyl (C=O) groups is 1. The number of methoxy groups -OCH3 is 1. The molecule has 0 heterocycles. The van der Waals surface area contributed by atoms with E-state index < -0.39 is 4.92 Å². The first kappa shape index (κ1) is 22.8. The largest absolute Gasteiger partial charge is 0.496 e. The van der Waals surface area contributed by atoms with Crippen molar-refractivity contribution in [2.45, 2.75) is 34.3 Å². The molecule has 0 aromatic heterocycles. The molecule has 0 atom stereocenters. The maximum atomic E-state index is 12.9. The minimum absolute atomic E-state index is 0.0459. The number of carbonyl (C=O) groups excluding carboxylic acids is 1. The van der Waals surface area contributed by atoms with Crippen LogP contribution in [0.5, 0.6) is 11.5 Å². The Morgan fingerprint density at radius 2 is 1.75 bits per heavy atom. The van der Waals surface area contributed by atoms with E-state index in [1.165, 1.54) is 6.07 Å². The number of nitro benzene ring substituents is 1. The van der Waals surface area contributed by atoms with Crippen LogP contribution in [0.4, 0.5) is 11.4 Å². The van der Waals surface area contributed by atoms with Crippen molar-refractivity contribution < 1.29 is 19.2 Å². The van der Waals surface area contributed by atoms with Gasteiger partial charge in [-0.3, -0.25) is 14.9 Å². The van der Waals surface area contributed by atoms with Crippen molar-refractivity contribution in [1.82, 2.24) is 0 Å². The van der Waals surface area contributed by atoms with Gasteiger partial charge in [-0.2, -0.15) is 0 Å². The van der Waals surface area contributed by atoms with Gasteiger partial charge in [-0.15, -0.1) is 0 Å². The van der Waals surface area contributed by atoms with Crippen LogP contribution in [-0.2, 0) is 6.61 Å². The molecule has 0 saturated heterocycles. The second-order valence-corrected chi connectivity index (χ2v) is 7.68. The van der Waals surface area contributed by atoms with Crippen molar-refractivity contribution in [2.75, 3.05) is 12.4 Å². The second-order valence-electron chi connectivity index (χ2n) is 7.68. The summed E-state index contributed by atoms with van der Waals surface area (Å²) in [5.74, 6) is 1.02. The lowest BCUT2D eigenvalue weighted by Gasteiger charge is -2.15. The van der Waals surface area contributed by atoms with Crippen molar-refractivity contribution in [3.05, 3.63) is 92.0 Å². The molecule has 0 aliphatic heterocycles. The number of anilines is 1. The number of hydrogen-bond acceptors (Lipinski definition) is 5. The van der Waals surface area contributed by atoms with Gasteiger partial charge in [-0.25, -0.2) is 0 Å². The van der Waals surface area contributed by atoms with Crippen molar-refractivity contribution >= 4 is 17.3 Å². The standard InChI is InChI=1S/C25H26N2O5/c1-15-11-16(2)17(3)24(12-15)32-14-20-13-19(9-10-23(20)31-5)25(28)26-21-7-6-8-22(18(21)4)27(29)30/h6-13H,14H2,1-5H3,(H,26,28).